The van der Waals surface area contributed by atoms with Crippen LogP contribution in [-0.2, 0) is 25.9 Å². The summed E-state index contributed by atoms with van der Waals surface area (Å²) >= 11 is 0. The van der Waals surface area contributed by atoms with Crippen molar-refractivity contribution in [2.24, 2.45) is 0 Å². The molecule has 0 aliphatic carbocycles. The van der Waals surface area contributed by atoms with E-state index in [0.29, 0.717) is 25.0 Å². The highest BCUT2D eigenvalue weighted by Crippen LogP contribution is 2.34. The summed E-state index contributed by atoms with van der Waals surface area (Å²) in [5, 5.41) is 4.97. The lowest BCUT2D eigenvalue weighted by Gasteiger charge is -2.30. The zero-order valence-corrected chi connectivity index (χ0v) is 20.8. The lowest BCUT2D eigenvalue weighted by molar-refractivity contribution is -0.129. The molecule has 0 bridgehead atoms. The minimum absolute atomic E-state index is 0.160. The molecule has 1 aromatic carbocycles. The summed E-state index contributed by atoms with van der Waals surface area (Å²) < 4.78 is 29.2. The van der Waals surface area contributed by atoms with E-state index >= 15 is 0 Å². The number of sulfone groups is 1. The van der Waals surface area contributed by atoms with Crippen LogP contribution in [0, 0.1) is 0 Å². The predicted octanol–water partition coefficient (Wildman–Crippen LogP) is 2.72. The molecule has 3 saturated heterocycles. The molecule has 4 heterocycles. The Morgan fingerprint density at radius 2 is 1.76 bits per heavy atom. The van der Waals surface area contributed by atoms with Gasteiger partial charge < -0.3 is 19.9 Å². The Hall–Kier alpha value is -2.10. The SMILES string of the molecule is CC(=O)N1CCC(c2cc3cc(CN4CCS(=O)(=O)CC4)cc(NC4CCOCC4)c3[nH]2)CC1. The van der Waals surface area contributed by atoms with Crippen molar-refractivity contribution < 1.29 is 17.9 Å². The Bertz CT molecular complexity index is 1120. The van der Waals surface area contributed by atoms with E-state index in [4.69, 9.17) is 4.74 Å². The molecule has 0 saturated carbocycles. The summed E-state index contributed by atoms with van der Waals surface area (Å²) in [5.41, 5.74) is 4.71. The molecular weight excluding hydrogens is 452 g/mol. The van der Waals surface area contributed by atoms with Gasteiger partial charge in [-0.2, -0.15) is 0 Å². The Kier molecular flexibility index (Phi) is 6.86. The molecule has 3 fully saturated rings. The average molecular weight is 489 g/mol. The first kappa shape index (κ1) is 23.6. The molecule has 0 spiro atoms. The Balaban J connectivity index is 1.39. The molecule has 8 nitrogen and oxygen atoms in total. The van der Waals surface area contributed by atoms with Gasteiger partial charge in [0.25, 0.3) is 0 Å². The van der Waals surface area contributed by atoms with Gasteiger partial charge >= 0.3 is 0 Å². The molecule has 0 radical (unpaired) electrons. The molecule has 34 heavy (non-hydrogen) atoms. The molecule has 1 amide bonds. The van der Waals surface area contributed by atoms with Crippen molar-refractivity contribution in [3.05, 3.63) is 29.5 Å². The number of carbonyl (C=O) groups is 1. The summed E-state index contributed by atoms with van der Waals surface area (Å²) in [6.45, 7) is 6.78. The number of hydrogen-bond acceptors (Lipinski definition) is 6. The normalized spacial score (nSPS) is 22.8. The van der Waals surface area contributed by atoms with Crippen LogP contribution in [0.25, 0.3) is 10.9 Å². The number of aromatic amines is 1. The summed E-state index contributed by atoms with van der Waals surface area (Å²) in [5.74, 6) is 1.08. The molecule has 2 N–H and O–H groups in total. The molecule has 0 unspecified atom stereocenters. The van der Waals surface area contributed by atoms with Crippen molar-refractivity contribution in [1.82, 2.24) is 14.8 Å². The number of nitrogens with one attached hydrogen (secondary N) is 2. The van der Waals surface area contributed by atoms with Crippen LogP contribution >= 0.6 is 0 Å². The van der Waals surface area contributed by atoms with Gasteiger partial charge in [-0.25, -0.2) is 8.42 Å². The largest absolute Gasteiger partial charge is 0.381 e. The molecule has 5 rings (SSSR count). The monoisotopic (exact) mass is 488 g/mol. The second-order valence-electron chi connectivity index (χ2n) is 10.1. The van der Waals surface area contributed by atoms with E-state index in [1.807, 2.05) is 4.90 Å². The van der Waals surface area contributed by atoms with Crippen LogP contribution in [0.1, 0.15) is 49.8 Å². The third kappa shape index (κ3) is 5.42. The van der Waals surface area contributed by atoms with Crippen LogP contribution in [0.3, 0.4) is 0 Å². The predicted molar refractivity (Wildman–Crippen MR) is 134 cm³/mol. The second-order valence-corrected chi connectivity index (χ2v) is 12.4. The summed E-state index contributed by atoms with van der Waals surface area (Å²) in [6, 6.07) is 7.15. The van der Waals surface area contributed by atoms with Gasteiger partial charge in [-0.05, 0) is 49.4 Å². The molecule has 2 aromatic rings. The van der Waals surface area contributed by atoms with Gasteiger partial charge in [0, 0.05) is 75.9 Å². The van der Waals surface area contributed by atoms with E-state index in [1.165, 1.54) is 16.6 Å². The second kappa shape index (κ2) is 9.87. The fourth-order valence-electron chi connectivity index (χ4n) is 5.49. The van der Waals surface area contributed by atoms with Crippen LogP contribution in [0.15, 0.2) is 18.2 Å². The first-order valence-corrected chi connectivity index (χ1v) is 14.4. The number of H-pyrrole nitrogens is 1. The minimum atomic E-state index is -2.88. The maximum Gasteiger partial charge on any atom is 0.219 e. The number of fused-ring (bicyclic) bond motifs is 1. The Labute approximate surface area is 201 Å². The summed E-state index contributed by atoms with van der Waals surface area (Å²) in [7, 11) is -2.88. The maximum atomic E-state index is 11.8. The van der Waals surface area contributed by atoms with E-state index < -0.39 is 9.84 Å². The molecule has 9 heteroatoms. The van der Waals surface area contributed by atoms with Crippen molar-refractivity contribution in [1.29, 1.82) is 0 Å². The smallest absolute Gasteiger partial charge is 0.219 e. The van der Waals surface area contributed by atoms with Crippen molar-refractivity contribution in [3.63, 3.8) is 0 Å². The third-order valence-corrected chi connectivity index (χ3v) is 9.22. The Morgan fingerprint density at radius 3 is 2.44 bits per heavy atom. The number of nitrogens with zero attached hydrogens (tertiary/aromatic N) is 2. The number of amides is 1. The molecule has 0 atom stereocenters. The Morgan fingerprint density at radius 1 is 1.06 bits per heavy atom. The van der Waals surface area contributed by atoms with Gasteiger partial charge in [0.2, 0.25) is 5.91 Å². The third-order valence-electron chi connectivity index (χ3n) is 7.61. The highest BCUT2D eigenvalue weighted by atomic mass is 32.2. The molecule has 3 aliphatic heterocycles. The number of hydrogen-bond donors (Lipinski definition) is 2. The molecule has 186 valence electrons. The first-order valence-electron chi connectivity index (χ1n) is 12.5. The fraction of sp³-hybridized carbons (Fsp3) is 0.640. The number of anilines is 1. The highest BCUT2D eigenvalue weighted by molar-refractivity contribution is 7.91. The van der Waals surface area contributed by atoms with Crippen molar-refractivity contribution in [3.8, 4) is 0 Å². The van der Waals surface area contributed by atoms with Gasteiger partial charge in [0.15, 0.2) is 9.84 Å². The summed E-state index contributed by atoms with van der Waals surface area (Å²) in [6.07, 6.45) is 3.94. The van der Waals surface area contributed by atoms with Gasteiger partial charge in [-0.15, -0.1) is 0 Å². The van der Waals surface area contributed by atoms with E-state index in [9.17, 15) is 13.2 Å². The topological polar surface area (TPSA) is 94.7 Å². The van der Waals surface area contributed by atoms with E-state index in [1.54, 1.807) is 6.92 Å². The highest BCUT2D eigenvalue weighted by Gasteiger charge is 2.25. The van der Waals surface area contributed by atoms with E-state index in [2.05, 4.69) is 33.4 Å². The van der Waals surface area contributed by atoms with Gasteiger partial charge in [0.1, 0.15) is 0 Å². The van der Waals surface area contributed by atoms with Crippen LogP contribution < -0.4 is 5.32 Å². The van der Waals surface area contributed by atoms with Crippen LogP contribution in [0.4, 0.5) is 5.69 Å². The zero-order valence-electron chi connectivity index (χ0n) is 20.0. The molecule has 1 aromatic heterocycles. The van der Waals surface area contributed by atoms with Crippen molar-refractivity contribution in [2.45, 2.75) is 51.1 Å². The summed E-state index contributed by atoms with van der Waals surface area (Å²) in [4.78, 5) is 19.6. The lowest BCUT2D eigenvalue weighted by Crippen LogP contribution is -2.39. The fourth-order valence-corrected chi connectivity index (χ4v) is 6.76. The lowest BCUT2D eigenvalue weighted by atomic mass is 9.93. The molecule has 3 aliphatic rings. The average Bonchev–Trinajstić information content (AvgIpc) is 3.26. The number of benzene rings is 1. The quantitative estimate of drug-likeness (QED) is 0.672. The van der Waals surface area contributed by atoms with Gasteiger partial charge in [-0.1, -0.05) is 0 Å². The number of rotatable bonds is 5. The van der Waals surface area contributed by atoms with Crippen LogP contribution in [0.2, 0.25) is 0 Å². The number of likely N-dealkylation sites (tertiary alicyclic amines) is 1. The number of carbonyl (C=O) groups excluding carboxylic acids is 1. The van der Waals surface area contributed by atoms with E-state index in [-0.39, 0.29) is 17.4 Å². The maximum absolute atomic E-state index is 11.8. The number of aromatic nitrogens is 1. The van der Waals surface area contributed by atoms with Crippen LogP contribution in [0.5, 0.6) is 0 Å². The van der Waals surface area contributed by atoms with Crippen molar-refractivity contribution >= 4 is 32.3 Å². The van der Waals surface area contributed by atoms with Gasteiger partial charge in [-0.3, -0.25) is 9.69 Å². The van der Waals surface area contributed by atoms with Crippen LogP contribution in [-0.4, -0.2) is 86.0 Å². The first-order chi connectivity index (χ1) is 16.4. The number of piperidine rings is 1. The van der Waals surface area contributed by atoms with E-state index in [0.717, 1.165) is 69.7 Å². The van der Waals surface area contributed by atoms with Gasteiger partial charge in [0.05, 0.1) is 22.7 Å². The standard InChI is InChI=1S/C25H36N4O4S/c1-18(30)29-6-2-20(3-7-29)23-16-21-14-19(17-28-8-12-34(31,32)13-9-28)15-24(25(21)27-23)26-22-4-10-33-11-5-22/h14-16,20,22,26-27H,2-13,17H2,1H3. The molecular formula is C25H36N4O4S. The zero-order chi connectivity index (χ0) is 23.7. The number of ether oxygens (including phenoxy) is 1. The van der Waals surface area contributed by atoms with Crippen molar-refractivity contribution in [2.75, 3.05) is 56.2 Å². The minimum Gasteiger partial charge on any atom is -0.381 e.